The van der Waals surface area contributed by atoms with E-state index >= 15 is 0 Å². The van der Waals surface area contributed by atoms with Gasteiger partial charge in [-0.3, -0.25) is 13.9 Å². The Morgan fingerprint density at radius 3 is 2.08 bits per heavy atom. The summed E-state index contributed by atoms with van der Waals surface area (Å²) in [6, 6.07) is 16.2. The lowest BCUT2D eigenvalue weighted by molar-refractivity contribution is -0.139. The third kappa shape index (κ3) is 7.50. The van der Waals surface area contributed by atoms with E-state index in [1.807, 2.05) is 13.8 Å². The van der Waals surface area contributed by atoms with Gasteiger partial charge in [-0.15, -0.1) is 0 Å². The molecule has 0 bridgehead atoms. The Labute approximate surface area is 238 Å². The SMILES string of the molecule is CC[C@@H](C)NC(=O)[C@H](C)N(Cc1c(Cl)cccc1Cl)C(=O)CN(c1ccccc1)S(=O)(=O)c1ccc(F)cc1. The van der Waals surface area contributed by atoms with Crippen LogP contribution in [0.1, 0.15) is 32.8 Å². The summed E-state index contributed by atoms with van der Waals surface area (Å²) in [7, 11) is -4.29. The molecule has 0 saturated carbocycles. The molecule has 208 valence electrons. The van der Waals surface area contributed by atoms with Crippen molar-refractivity contribution >= 4 is 50.7 Å². The van der Waals surface area contributed by atoms with Crippen molar-refractivity contribution in [3.05, 3.63) is 94.2 Å². The summed E-state index contributed by atoms with van der Waals surface area (Å²) >= 11 is 12.8. The molecule has 0 radical (unpaired) electrons. The zero-order chi connectivity index (χ0) is 28.7. The number of carbonyl (C=O) groups excluding carboxylic acids is 2. The molecule has 3 aromatic rings. The highest BCUT2D eigenvalue weighted by atomic mass is 35.5. The second-order valence-electron chi connectivity index (χ2n) is 9.02. The molecule has 3 aromatic carbocycles. The van der Waals surface area contributed by atoms with E-state index in [4.69, 9.17) is 23.2 Å². The van der Waals surface area contributed by atoms with Crippen molar-refractivity contribution in [2.24, 2.45) is 0 Å². The van der Waals surface area contributed by atoms with Gasteiger partial charge in [0.05, 0.1) is 10.6 Å². The fraction of sp³-hybridized carbons (Fsp3) is 0.286. The van der Waals surface area contributed by atoms with Gasteiger partial charge in [-0.05, 0) is 68.8 Å². The first-order valence-corrected chi connectivity index (χ1v) is 14.5. The van der Waals surface area contributed by atoms with E-state index in [1.54, 1.807) is 55.5 Å². The quantitative estimate of drug-likeness (QED) is 0.311. The Morgan fingerprint density at radius 1 is 0.923 bits per heavy atom. The van der Waals surface area contributed by atoms with Gasteiger partial charge in [0.15, 0.2) is 0 Å². The number of para-hydroxylation sites is 1. The van der Waals surface area contributed by atoms with E-state index in [0.717, 1.165) is 28.6 Å². The summed E-state index contributed by atoms with van der Waals surface area (Å²) in [5, 5.41) is 3.46. The predicted molar refractivity (Wildman–Crippen MR) is 152 cm³/mol. The summed E-state index contributed by atoms with van der Waals surface area (Å²) in [6.45, 7) is 4.55. The Hall–Kier alpha value is -3.14. The number of anilines is 1. The van der Waals surface area contributed by atoms with Crippen LogP contribution in [0.15, 0.2) is 77.7 Å². The summed E-state index contributed by atoms with van der Waals surface area (Å²) in [5.41, 5.74) is 0.646. The van der Waals surface area contributed by atoms with Crippen LogP contribution in [0.25, 0.3) is 0 Å². The molecule has 7 nitrogen and oxygen atoms in total. The van der Waals surface area contributed by atoms with Crippen molar-refractivity contribution in [2.75, 3.05) is 10.8 Å². The first-order valence-electron chi connectivity index (χ1n) is 12.3. The van der Waals surface area contributed by atoms with Crippen LogP contribution in [0.4, 0.5) is 10.1 Å². The van der Waals surface area contributed by atoms with E-state index in [-0.39, 0.29) is 23.2 Å². The molecule has 0 spiro atoms. The van der Waals surface area contributed by atoms with Gasteiger partial charge in [-0.1, -0.05) is 54.4 Å². The summed E-state index contributed by atoms with van der Waals surface area (Å²) < 4.78 is 41.8. The fourth-order valence-electron chi connectivity index (χ4n) is 3.76. The number of halogens is 3. The standard InChI is InChI=1S/C28H30Cl2FN3O4S/c1-4-19(2)32-28(36)20(3)33(17-24-25(29)11-8-12-26(24)30)27(35)18-34(22-9-6-5-7-10-22)39(37,38)23-15-13-21(31)14-16-23/h5-16,19-20H,4,17-18H2,1-3H3,(H,32,36)/t19-,20+/m1/s1. The van der Waals surface area contributed by atoms with Crippen LogP contribution in [0.2, 0.25) is 10.0 Å². The number of sulfonamides is 1. The lowest BCUT2D eigenvalue weighted by Crippen LogP contribution is -2.52. The van der Waals surface area contributed by atoms with Crippen molar-refractivity contribution in [1.82, 2.24) is 10.2 Å². The highest BCUT2D eigenvalue weighted by Crippen LogP contribution is 2.28. The molecule has 39 heavy (non-hydrogen) atoms. The first-order chi connectivity index (χ1) is 18.4. The molecule has 0 unspecified atom stereocenters. The van der Waals surface area contributed by atoms with Gasteiger partial charge in [-0.25, -0.2) is 12.8 Å². The van der Waals surface area contributed by atoms with Crippen molar-refractivity contribution < 1.29 is 22.4 Å². The second kappa shape index (κ2) is 13.3. The maximum Gasteiger partial charge on any atom is 0.264 e. The molecule has 0 saturated heterocycles. The van der Waals surface area contributed by atoms with E-state index in [9.17, 15) is 22.4 Å². The Kier molecular flexibility index (Phi) is 10.4. The summed E-state index contributed by atoms with van der Waals surface area (Å²) in [4.78, 5) is 28.0. The Bertz CT molecular complexity index is 1390. The second-order valence-corrected chi connectivity index (χ2v) is 11.7. The van der Waals surface area contributed by atoms with Crippen LogP contribution in [-0.4, -0.2) is 43.8 Å². The molecule has 3 rings (SSSR count). The van der Waals surface area contributed by atoms with Gasteiger partial charge in [0.25, 0.3) is 10.0 Å². The number of benzene rings is 3. The van der Waals surface area contributed by atoms with Gasteiger partial charge in [0.2, 0.25) is 11.8 Å². The van der Waals surface area contributed by atoms with E-state index in [1.165, 1.54) is 4.90 Å². The molecular formula is C28H30Cl2FN3O4S. The normalized spacial score (nSPS) is 12.9. The smallest absolute Gasteiger partial charge is 0.264 e. The molecule has 1 N–H and O–H groups in total. The fourth-order valence-corrected chi connectivity index (χ4v) is 5.69. The van der Waals surface area contributed by atoms with Gasteiger partial charge in [0, 0.05) is 28.2 Å². The monoisotopic (exact) mass is 593 g/mol. The van der Waals surface area contributed by atoms with Crippen LogP contribution >= 0.6 is 23.2 Å². The first kappa shape index (κ1) is 30.4. The van der Waals surface area contributed by atoms with Crippen LogP contribution in [-0.2, 0) is 26.2 Å². The summed E-state index contributed by atoms with van der Waals surface area (Å²) in [6.07, 6.45) is 0.681. The minimum Gasteiger partial charge on any atom is -0.352 e. The van der Waals surface area contributed by atoms with Crippen LogP contribution in [0.3, 0.4) is 0 Å². The Morgan fingerprint density at radius 2 is 1.51 bits per heavy atom. The van der Waals surface area contributed by atoms with Crippen molar-refractivity contribution in [3.8, 4) is 0 Å². The molecule has 2 atom stereocenters. The zero-order valence-electron chi connectivity index (χ0n) is 21.8. The highest BCUT2D eigenvalue weighted by Gasteiger charge is 2.33. The minimum atomic E-state index is -4.29. The van der Waals surface area contributed by atoms with Gasteiger partial charge >= 0.3 is 0 Å². The number of rotatable bonds is 11. The summed E-state index contributed by atoms with van der Waals surface area (Å²) in [5.74, 6) is -1.67. The number of nitrogens with one attached hydrogen (secondary N) is 1. The van der Waals surface area contributed by atoms with E-state index in [2.05, 4.69) is 5.32 Å². The number of hydrogen-bond donors (Lipinski definition) is 1. The Balaban J connectivity index is 2.04. The average Bonchev–Trinajstić information content (AvgIpc) is 2.91. The molecule has 0 fully saturated rings. The van der Waals surface area contributed by atoms with E-state index in [0.29, 0.717) is 22.0 Å². The topological polar surface area (TPSA) is 86.8 Å². The van der Waals surface area contributed by atoms with Crippen LogP contribution in [0.5, 0.6) is 0 Å². The van der Waals surface area contributed by atoms with Crippen LogP contribution < -0.4 is 9.62 Å². The van der Waals surface area contributed by atoms with Crippen molar-refractivity contribution in [1.29, 1.82) is 0 Å². The molecule has 2 amide bonds. The predicted octanol–water partition coefficient (Wildman–Crippen LogP) is 5.66. The largest absolute Gasteiger partial charge is 0.352 e. The lowest BCUT2D eigenvalue weighted by atomic mass is 10.1. The number of hydrogen-bond acceptors (Lipinski definition) is 4. The molecule has 0 aromatic heterocycles. The maximum absolute atomic E-state index is 13.9. The molecule has 11 heteroatoms. The number of amides is 2. The molecule has 0 aliphatic heterocycles. The number of nitrogens with zero attached hydrogens (tertiary/aromatic N) is 2. The zero-order valence-corrected chi connectivity index (χ0v) is 24.1. The van der Waals surface area contributed by atoms with E-state index < -0.39 is 40.2 Å². The number of carbonyl (C=O) groups is 2. The molecule has 0 heterocycles. The molecule has 0 aliphatic rings. The lowest BCUT2D eigenvalue weighted by Gasteiger charge is -2.32. The van der Waals surface area contributed by atoms with Gasteiger partial charge in [0.1, 0.15) is 18.4 Å². The minimum absolute atomic E-state index is 0.133. The maximum atomic E-state index is 13.9. The van der Waals surface area contributed by atoms with Crippen molar-refractivity contribution in [3.63, 3.8) is 0 Å². The molecule has 0 aliphatic carbocycles. The van der Waals surface area contributed by atoms with Crippen molar-refractivity contribution in [2.45, 2.75) is 50.7 Å². The van der Waals surface area contributed by atoms with Crippen LogP contribution in [0, 0.1) is 5.82 Å². The van der Waals surface area contributed by atoms with Gasteiger partial charge < -0.3 is 10.2 Å². The average molecular weight is 595 g/mol. The third-order valence-electron chi connectivity index (χ3n) is 6.28. The van der Waals surface area contributed by atoms with Gasteiger partial charge in [-0.2, -0.15) is 0 Å². The highest BCUT2D eigenvalue weighted by molar-refractivity contribution is 7.92. The molecular weight excluding hydrogens is 564 g/mol. The third-order valence-corrected chi connectivity index (χ3v) is 8.78.